The van der Waals surface area contributed by atoms with Gasteiger partial charge in [-0.15, -0.1) is 0 Å². The van der Waals surface area contributed by atoms with Gasteiger partial charge < -0.3 is 15.5 Å². The highest BCUT2D eigenvalue weighted by Crippen LogP contribution is 2.38. The molecule has 2 rings (SSSR count). The molecule has 0 aromatic carbocycles. The third kappa shape index (κ3) is 2.64. The molecule has 0 amide bonds. The van der Waals surface area contributed by atoms with E-state index in [4.69, 9.17) is 11.6 Å². The number of aromatic nitrogens is 1. The monoisotopic (exact) mass is 274 g/mol. The van der Waals surface area contributed by atoms with Crippen molar-refractivity contribution < 1.29 is 14.6 Å². The van der Waals surface area contributed by atoms with Gasteiger partial charge in [0.1, 0.15) is 0 Å². The summed E-state index contributed by atoms with van der Waals surface area (Å²) >= 11 is 6.01. The predicted molar refractivity (Wildman–Crippen MR) is 65.9 cm³/mol. The van der Waals surface area contributed by atoms with E-state index >= 15 is 0 Å². The number of piperidine rings is 1. The number of nitrogens with zero attached hydrogens (tertiary/aromatic N) is 1. The van der Waals surface area contributed by atoms with Crippen LogP contribution >= 0.6 is 11.6 Å². The molecule has 18 heavy (non-hydrogen) atoms. The van der Waals surface area contributed by atoms with Gasteiger partial charge in [0, 0.05) is 11.8 Å². The summed E-state index contributed by atoms with van der Waals surface area (Å²) in [7, 11) is 0. The summed E-state index contributed by atoms with van der Waals surface area (Å²) in [5.74, 6) is -2.02. The zero-order valence-corrected chi connectivity index (χ0v) is 10.8. The lowest BCUT2D eigenvalue weighted by atomic mass is 9.90. The van der Waals surface area contributed by atoms with Crippen molar-refractivity contribution in [3.63, 3.8) is 0 Å². The largest absolute Gasteiger partial charge is 0.362 e. The topological polar surface area (TPSA) is 65.4 Å². The fourth-order valence-electron chi connectivity index (χ4n) is 2.09. The normalized spacial score (nSPS) is 19.8. The van der Waals surface area contributed by atoms with E-state index in [0.29, 0.717) is 25.9 Å². The van der Waals surface area contributed by atoms with E-state index in [2.05, 4.69) is 10.3 Å². The zero-order chi connectivity index (χ0) is 13.4. The highest BCUT2D eigenvalue weighted by Gasteiger charge is 2.37. The van der Waals surface area contributed by atoms with Crippen LogP contribution in [0.3, 0.4) is 0 Å². The van der Waals surface area contributed by atoms with Crippen LogP contribution in [0.1, 0.15) is 31.0 Å². The Morgan fingerprint density at radius 2 is 2.06 bits per heavy atom. The maximum absolute atomic E-state index is 14.7. The van der Waals surface area contributed by atoms with Crippen molar-refractivity contribution in [2.24, 2.45) is 0 Å². The molecule has 3 N–H and O–H groups in total. The maximum atomic E-state index is 14.7. The molecule has 1 fully saturated rings. The van der Waals surface area contributed by atoms with Gasteiger partial charge in [0.15, 0.2) is 11.5 Å². The van der Waals surface area contributed by atoms with E-state index in [1.165, 1.54) is 19.2 Å². The quantitative estimate of drug-likeness (QED) is 0.714. The van der Waals surface area contributed by atoms with Crippen LogP contribution in [0.2, 0.25) is 5.02 Å². The summed E-state index contributed by atoms with van der Waals surface area (Å²) in [5.41, 5.74) is -1.21. The standard InChI is InChI=1S/C12H16ClFN2O2/c1-11(17,18)8-6-9(13)10(16-7-8)12(14)2-4-15-5-3-12/h6-7,15,17-18H,2-5H2,1H3. The molecule has 1 saturated heterocycles. The van der Waals surface area contributed by atoms with Crippen LogP contribution in [0.4, 0.5) is 4.39 Å². The molecule has 0 aliphatic carbocycles. The van der Waals surface area contributed by atoms with E-state index in [-0.39, 0.29) is 16.3 Å². The second kappa shape index (κ2) is 4.74. The molecule has 0 spiro atoms. The first kappa shape index (κ1) is 13.7. The molecule has 4 nitrogen and oxygen atoms in total. The van der Waals surface area contributed by atoms with Crippen molar-refractivity contribution in [1.82, 2.24) is 10.3 Å². The molecule has 1 aromatic heterocycles. The third-order valence-corrected chi connectivity index (χ3v) is 3.50. The lowest BCUT2D eigenvalue weighted by Crippen LogP contribution is -2.37. The van der Waals surface area contributed by atoms with Gasteiger partial charge in [-0.3, -0.25) is 4.98 Å². The highest BCUT2D eigenvalue weighted by atomic mass is 35.5. The van der Waals surface area contributed by atoms with E-state index in [9.17, 15) is 14.6 Å². The van der Waals surface area contributed by atoms with Gasteiger partial charge in [0.2, 0.25) is 0 Å². The SMILES string of the molecule is CC(O)(O)c1cnc(C2(F)CCNCC2)c(Cl)c1. The Morgan fingerprint density at radius 3 is 2.56 bits per heavy atom. The van der Waals surface area contributed by atoms with Crippen molar-refractivity contribution in [2.75, 3.05) is 13.1 Å². The van der Waals surface area contributed by atoms with Crippen molar-refractivity contribution in [3.8, 4) is 0 Å². The van der Waals surface area contributed by atoms with E-state index in [0.717, 1.165) is 0 Å². The van der Waals surface area contributed by atoms with E-state index in [1.807, 2.05) is 0 Å². The second-order valence-electron chi connectivity index (χ2n) is 4.79. The van der Waals surface area contributed by atoms with Crippen molar-refractivity contribution in [1.29, 1.82) is 0 Å². The lowest BCUT2D eigenvalue weighted by molar-refractivity contribution is -0.152. The van der Waals surface area contributed by atoms with Gasteiger partial charge in [0.25, 0.3) is 0 Å². The van der Waals surface area contributed by atoms with Crippen molar-refractivity contribution in [2.45, 2.75) is 31.2 Å². The molecule has 1 aliphatic heterocycles. The molecular formula is C12H16ClFN2O2. The average molecular weight is 275 g/mol. The fraction of sp³-hybridized carbons (Fsp3) is 0.583. The number of hydrogen-bond donors (Lipinski definition) is 3. The summed E-state index contributed by atoms with van der Waals surface area (Å²) in [6, 6.07) is 1.35. The Kier molecular flexibility index (Phi) is 3.60. The van der Waals surface area contributed by atoms with Crippen LogP contribution in [0.15, 0.2) is 12.3 Å². The van der Waals surface area contributed by atoms with E-state index in [1.54, 1.807) is 0 Å². The smallest absolute Gasteiger partial charge is 0.188 e. The summed E-state index contributed by atoms with van der Waals surface area (Å²) in [6.45, 7) is 2.36. The molecule has 6 heteroatoms. The number of aliphatic hydroxyl groups is 2. The van der Waals surface area contributed by atoms with Crippen LogP contribution in [0.5, 0.6) is 0 Å². The Bertz CT molecular complexity index is 442. The van der Waals surface area contributed by atoms with Crippen LogP contribution < -0.4 is 5.32 Å². The molecule has 1 aromatic rings. The molecule has 0 saturated carbocycles. The van der Waals surface area contributed by atoms with Gasteiger partial charge in [-0.1, -0.05) is 11.6 Å². The molecule has 1 aliphatic rings. The first-order chi connectivity index (χ1) is 8.33. The number of alkyl halides is 1. The highest BCUT2D eigenvalue weighted by molar-refractivity contribution is 6.31. The number of pyridine rings is 1. The molecule has 0 radical (unpaired) electrons. The van der Waals surface area contributed by atoms with Crippen LogP contribution in [-0.2, 0) is 11.5 Å². The number of hydrogen-bond acceptors (Lipinski definition) is 4. The molecule has 0 bridgehead atoms. The Labute approximate surface area is 110 Å². The minimum Gasteiger partial charge on any atom is -0.362 e. The third-order valence-electron chi connectivity index (χ3n) is 3.21. The van der Waals surface area contributed by atoms with Crippen LogP contribution in [-0.4, -0.2) is 28.3 Å². The minimum absolute atomic E-state index is 0.131. The minimum atomic E-state index is -2.02. The zero-order valence-electron chi connectivity index (χ0n) is 10.1. The average Bonchev–Trinajstić information content (AvgIpc) is 2.28. The number of rotatable bonds is 2. The second-order valence-corrected chi connectivity index (χ2v) is 5.20. The van der Waals surface area contributed by atoms with Gasteiger partial charge in [0.05, 0.1) is 10.7 Å². The van der Waals surface area contributed by atoms with Gasteiger partial charge in [-0.25, -0.2) is 4.39 Å². The number of nitrogens with one attached hydrogen (secondary N) is 1. The first-order valence-electron chi connectivity index (χ1n) is 5.84. The van der Waals surface area contributed by atoms with Crippen molar-refractivity contribution in [3.05, 3.63) is 28.5 Å². The van der Waals surface area contributed by atoms with Crippen molar-refractivity contribution >= 4 is 11.6 Å². The molecule has 0 unspecified atom stereocenters. The van der Waals surface area contributed by atoms with E-state index < -0.39 is 11.5 Å². The fourth-order valence-corrected chi connectivity index (χ4v) is 2.42. The predicted octanol–water partition coefficient (Wildman–Crippen LogP) is 1.44. The molecule has 2 heterocycles. The Balaban J connectivity index is 2.35. The van der Waals surface area contributed by atoms with Crippen LogP contribution in [0.25, 0.3) is 0 Å². The first-order valence-corrected chi connectivity index (χ1v) is 6.22. The lowest BCUT2D eigenvalue weighted by Gasteiger charge is -2.30. The van der Waals surface area contributed by atoms with Gasteiger partial charge in [-0.2, -0.15) is 0 Å². The summed E-state index contributed by atoms with van der Waals surface area (Å²) < 4.78 is 14.7. The molecular weight excluding hydrogens is 259 g/mol. The molecule has 0 atom stereocenters. The Hall–Kier alpha value is -0.750. The summed E-state index contributed by atoms with van der Waals surface area (Å²) in [6.07, 6.45) is 1.88. The summed E-state index contributed by atoms with van der Waals surface area (Å²) in [5, 5.41) is 22.1. The van der Waals surface area contributed by atoms with Crippen LogP contribution in [0, 0.1) is 0 Å². The summed E-state index contributed by atoms with van der Waals surface area (Å²) in [4.78, 5) is 3.99. The molecule has 100 valence electrons. The van der Waals surface area contributed by atoms with Gasteiger partial charge >= 0.3 is 0 Å². The number of halogens is 2. The van der Waals surface area contributed by atoms with Gasteiger partial charge in [-0.05, 0) is 38.9 Å². The maximum Gasteiger partial charge on any atom is 0.188 e. The Morgan fingerprint density at radius 1 is 1.44 bits per heavy atom.